The molecule has 7 unspecified atom stereocenters. The summed E-state index contributed by atoms with van der Waals surface area (Å²) >= 11 is 0. The number of methoxy groups -OCH3 is 1. The minimum Gasteiger partial charge on any atom is -0.392 e. The molecule has 1 N–H and O–H groups in total. The number of aliphatic hydroxyl groups is 1. The largest absolute Gasteiger partial charge is 0.448 e. The molecule has 0 saturated heterocycles. The number of aliphatic hydroxyl groups excluding tert-OH is 1. The van der Waals surface area contributed by atoms with Gasteiger partial charge >= 0.3 is 12.0 Å². The average molecular weight is 310 g/mol. The number of ether oxygens (including phenoxy) is 2. The SMILES string of the molecule is COCOC(F)(C1CC2C3C=CC(C3)C2C1O)C(F)(F)F. The third-order valence-corrected chi connectivity index (χ3v) is 5.27. The fourth-order valence-electron chi connectivity index (χ4n) is 4.42. The van der Waals surface area contributed by atoms with Gasteiger partial charge in [-0.2, -0.15) is 13.2 Å². The molecular formula is C14H18F4O3. The van der Waals surface area contributed by atoms with E-state index in [1.165, 1.54) is 0 Å². The van der Waals surface area contributed by atoms with E-state index in [0.717, 1.165) is 13.5 Å². The van der Waals surface area contributed by atoms with Crippen LogP contribution < -0.4 is 0 Å². The van der Waals surface area contributed by atoms with Gasteiger partial charge in [-0.1, -0.05) is 12.2 Å². The molecule has 7 atom stereocenters. The van der Waals surface area contributed by atoms with Gasteiger partial charge in [-0.05, 0) is 36.5 Å². The second kappa shape index (κ2) is 4.93. The first-order chi connectivity index (χ1) is 9.79. The van der Waals surface area contributed by atoms with Crippen LogP contribution in [-0.4, -0.2) is 37.1 Å². The Morgan fingerprint density at radius 3 is 2.38 bits per heavy atom. The first-order valence-electron chi connectivity index (χ1n) is 7.04. The predicted octanol–water partition coefficient (Wildman–Crippen LogP) is 2.65. The normalized spacial score (nSPS) is 44.1. The van der Waals surface area contributed by atoms with E-state index in [9.17, 15) is 22.7 Å². The molecule has 120 valence electrons. The van der Waals surface area contributed by atoms with Crippen LogP contribution >= 0.6 is 0 Å². The Hall–Kier alpha value is -0.660. The van der Waals surface area contributed by atoms with Gasteiger partial charge in [0.1, 0.15) is 6.79 Å². The molecule has 3 aliphatic carbocycles. The Kier molecular flexibility index (Phi) is 3.58. The van der Waals surface area contributed by atoms with Gasteiger partial charge < -0.3 is 14.6 Å². The molecule has 0 aliphatic heterocycles. The maximum Gasteiger partial charge on any atom is 0.448 e. The van der Waals surface area contributed by atoms with E-state index >= 15 is 0 Å². The molecule has 0 spiro atoms. The Morgan fingerprint density at radius 2 is 1.81 bits per heavy atom. The van der Waals surface area contributed by atoms with Crippen molar-refractivity contribution in [3.8, 4) is 0 Å². The Labute approximate surface area is 119 Å². The fourth-order valence-corrected chi connectivity index (χ4v) is 4.42. The summed E-state index contributed by atoms with van der Waals surface area (Å²) < 4.78 is 62.9. The molecule has 2 saturated carbocycles. The highest BCUT2D eigenvalue weighted by molar-refractivity contribution is 5.19. The maximum absolute atomic E-state index is 14.6. The Bertz CT molecular complexity index is 438. The van der Waals surface area contributed by atoms with Crippen molar-refractivity contribution in [1.82, 2.24) is 0 Å². The van der Waals surface area contributed by atoms with Crippen molar-refractivity contribution in [2.45, 2.75) is 31.0 Å². The van der Waals surface area contributed by atoms with Crippen LogP contribution in [0.2, 0.25) is 0 Å². The topological polar surface area (TPSA) is 38.7 Å². The molecule has 0 aromatic heterocycles. The Balaban J connectivity index is 1.85. The summed E-state index contributed by atoms with van der Waals surface area (Å²) in [4.78, 5) is 0. The maximum atomic E-state index is 14.6. The summed E-state index contributed by atoms with van der Waals surface area (Å²) in [6.07, 6.45) is -1.81. The van der Waals surface area contributed by atoms with E-state index in [1.807, 2.05) is 12.2 Å². The van der Waals surface area contributed by atoms with Crippen molar-refractivity contribution >= 4 is 0 Å². The van der Waals surface area contributed by atoms with Crippen LogP contribution in [0.3, 0.4) is 0 Å². The molecule has 0 amide bonds. The van der Waals surface area contributed by atoms with Gasteiger partial charge in [0.15, 0.2) is 0 Å². The van der Waals surface area contributed by atoms with Crippen LogP contribution in [0.15, 0.2) is 12.2 Å². The van der Waals surface area contributed by atoms with Crippen molar-refractivity contribution in [3.63, 3.8) is 0 Å². The van der Waals surface area contributed by atoms with Gasteiger partial charge in [0.25, 0.3) is 0 Å². The molecule has 0 radical (unpaired) electrons. The summed E-state index contributed by atoms with van der Waals surface area (Å²) in [7, 11) is 1.13. The lowest BCUT2D eigenvalue weighted by Crippen LogP contribution is -2.53. The van der Waals surface area contributed by atoms with Crippen LogP contribution in [0.4, 0.5) is 17.6 Å². The van der Waals surface area contributed by atoms with Gasteiger partial charge in [-0.15, -0.1) is 0 Å². The number of allylic oxidation sites excluding steroid dienone is 2. The standard InChI is InChI=1S/C14H18F4O3/c1-20-6-21-13(15,14(16,17)18)10-5-9-7-2-3-8(4-7)11(9)12(10)19/h2-3,7-12,19H,4-6H2,1H3. The van der Waals surface area contributed by atoms with Crippen molar-refractivity contribution in [3.05, 3.63) is 12.2 Å². The summed E-state index contributed by atoms with van der Waals surface area (Å²) in [6, 6.07) is 0. The number of rotatable bonds is 4. The summed E-state index contributed by atoms with van der Waals surface area (Å²) in [6.45, 7) is -0.806. The van der Waals surface area contributed by atoms with Gasteiger partial charge in [0.2, 0.25) is 0 Å². The molecule has 0 aromatic rings. The van der Waals surface area contributed by atoms with Crippen molar-refractivity contribution in [2.24, 2.45) is 29.6 Å². The monoisotopic (exact) mass is 310 g/mol. The molecule has 3 aliphatic rings. The quantitative estimate of drug-likeness (QED) is 0.493. The number of alkyl halides is 4. The minimum absolute atomic E-state index is 0.0168. The predicted molar refractivity (Wildman–Crippen MR) is 64.7 cm³/mol. The summed E-state index contributed by atoms with van der Waals surface area (Å²) in [5, 5.41) is 10.3. The molecular weight excluding hydrogens is 292 g/mol. The summed E-state index contributed by atoms with van der Waals surface area (Å²) in [5.74, 6) is -5.66. The van der Waals surface area contributed by atoms with Crippen LogP contribution in [0, 0.1) is 29.6 Å². The first-order valence-corrected chi connectivity index (χ1v) is 7.04. The van der Waals surface area contributed by atoms with Crippen molar-refractivity contribution < 1.29 is 32.1 Å². The number of hydrogen-bond donors (Lipinski definition) is 1. The highest BCUT2D eigenvalue weighted by Gasteiger charge is 2.69. The lowest BCUT2D eigenvalue weighted by Gasteiger charge is -2.35. The van der Waals surface area contributed by atoms with E-state index in [4.69, 9.17) is 0 Å². The van der Waals surface area contributed by atoms with E-state index < -0.39 is 30.8 Å². The zero-order valence-electron chi connectivity index (χ0n) is 11.5. The lowest BCUT2D eigenvalue weighted by molar-refractivity contribution is -0.374. The second-order valence-corrected chi connectivity index (χ2v) is 6.22. The molecule has 0 aromatic carbocycles. The van der Waals surface area contributed by atoms with Gasteiger partial charge in [0.05, 0.1) is 12.0 Å². The van der Waals surface area contributed by atoms with Crippen molar-refractivity contribution in [2.75, 3.05) is 13.9 Å². The van der Waals surface area contributed by atoms with Crippen LogP contribution in [0.1, 0.15) is 12.8 Å². The van der Waals surface area contributed by atoms with Crippen LogP contribution in [-0.2, 0) is 9.47 Å². The average Bonchev–Trinajstić information content (AvgIpc) is 3.07. The molecule has 2 fully saturated rings. The van der Waals surface area contributed by atoms with Crippen LogP contribution in [0.5, 0.6) is 0 Å². The van der Waals surface area contributed by atoms with E-state index in [-0.39, 0.29) is 30.1 Å². The second-order valence-electron chi connectivity index (χ2n) is 6.22. The van der Waals surface area contributed by atoms with E-state index in [2.05, 4.69) is 9.47 Å². The smallest absolute Gasteiger partial charge is 0.392 e. The minimum atomic E-state index is -5.21. The van der Waals surface area contributed by atoms with E-state index in [0.29, 0.717) is 0 Å². The zero-order chi connectivity index (χ0) is 15.4. The van der Waals surface area contributed by atoms with E-state index in [1.54, 1.807) is 0 Å². The number of fused-ring (bicyclic) bond motifs is 5. The molecule has 2 bridgehead atoms. The molecule has 7 heteroatoms. The van der Waals surface area contributed by atoms with Crippen molar-refractivity contribution in [1.29, 1.82) is 0 Å². The van der Waals surface area contributed by atoms with Gasteiger partial charge in [0, 0.05) is 7.11 Å². The number of hydrogen-bond acceptors (Lipinski definition) is 3. The number of halogens is 4. The van der Waals surface area contributed by atoms with Crippen LogP contribution in [0.25, 0.3) is 0 Å². The third kappa shape index (κ3) is 2.12. The first kappa shape index (κ1) is 15.2. The van der Waals surface area contributed by atoms with Gasteiger partial charge in [-0.3, -0.25) is 0 Å². The fraction of sp³-hybridized carbons (Fsp3) is 0.857. The highest BCUT2D eigenvalue weighted by atomic mass is 19.4. The lowest BCUT2D eigenvalue weighted by atomic mass is 9.85. The molecule has 21 heavy (non-hydrogen) atoms. The Morgan fingerprint density at radius 1 is 1.14 bits per heavy atom. The molecule has 3 rings (SSSR count). The summed E-state index contributed by atoms with van der Waals surface area (Å²) in [5.41, 5.74) is 0. The zero-order valence-corrected chi connectivity index (χ0v) is 11.5. The van der Waals surface area contributed by atoms with Gasteiger partial charge in [-0.25, -0.2) is 4.39 Å². The molecule has 3 nitrogen and oxygen atoms in total. The molecule has 0 heterocycles. The highest BCUT2D eigenvalue weighted by Crippen LogP contribution is 2.61. The third-order valence-electron chi connectivity index (χ3n) is 5.27.